The van der Waals surface area contributed by atoms with E-state index < -0.39 is 0 Å². The third-order valence-electron chi connectivity index (χ3n) is 2.20. The van der Waals surface area contributed by atoms with Gasteiger partial charge in [0.05, 0.1) is 11.2 Å². The Morgan fingerprint density at radius 1 is 0.833 bits per heavy atom. The molecule has 0 amide bonds. The van der Waals surface area contributed by atoms with Gasteiger partial charge in [-0.1, -0.05) is 13.8 Å². The lowest BCUT2D eigenvalue weighted by atomic mass is 10.1. The fraction of sp³-hybridized carbons (Fsp3) is 1.00. The van der Waals surface area contributed by atoms with Crippen LogP contribution in [0.1, 0.15) is 55.8 Å². The normalized spacial score (nSPS) is 13.5. The van der Waals surface area contributed by atoms with Crippen LogP contribution in [-0.4, -0.2) is 11.2 Å². The summed E-state index contributed by atoms with van der Waals surface area (Å²) in [5.41, 5.74) is -0.348. The largest absolute Gasteiger partial charge is 1.00 e. The maximum Gasteiger partial charge on any atom is 1.00 e. The average molecular weight is 175 g/mol. The molecule has 0 bridgehead atoms. The van der Waals surface area contributed by atoms with Crippen LogP contribution in [0.3, 0.4) is 0 Å². The molecule has 2 nitrogen and oxygen atoms in total. The van der Waals surface area contributed by atoms with Crippen molar-refractivity contribution >= 4 is 0 Å². The van der Waals surface area contributed by atoms with Gasteiger partial charge in [0.1, 0.15) is 0 Å². The molecule has 0 N–H and O–H groups in total. The molecular weight excluding hydrogens is 152 g/mol. The topological polar surface area (TPSA) is 18.5 Å². The average Bonchev–Trinajstić information content (AvgIpc) is 2.02. The second-order valence-electron chi connectivity index (χ2n) is 4.39. The Morgan fingerprint density at radius 3 is 1.25 bits per heavy atom. The van der Waals surface area contributed by atoms with Gasteiger partial charge in [-0.3, -0.25) is 0 Å². The van der Waals surface area contributed by atoms with Crippen LogP contribution in [0, 0.1) is 0 Å². The maximum absolute atomic E-state index is 5.33. The molecule has 0 spiro atoms. The van der Waals surface area contributed by atoms with E-state index in [9.17, 15) is 0 Å². The molecule has 0 fully saturated rings. The van der Waals surface area contributed by atoms with Crippen LogP contribution < -0.4 is 0 Å². The number of hydrogen-bond acceptors (Lipinski definition) is 2. The Kier molecular flexibility index (Phi) is 4.21. The molecule has 0 saturated heterocycles. The monoisotopic (exact) mass is 175 g/mol. The van der Waals surface area contributed by atoms with Gasteiger partial charge >= 0.3 is 1.43 Å². The first kappa shape index (κ1) is 11.9. The summed E-state index contributed by atoms with van der Waals surface area (Å²) in [7, 11) is 0. The predicted octanol–water partition coefficient (Wildman–Crippen LogP) is 3.42. The summed E-state index contributed by atoms with van der Waals surface area (Å²) >= 11 is 0. The van der Waals surface area contributed by atoms with Crippen molar-refractivity contribution in [1.82, 2.24) is 0 Å². The SMILES string of the molecule is CCC(C)(C)OOC(C)(C)CC.[H+]. The second-order valence-corrected chi connectivity index (χ2v) is 4.39. The molecule has 0 rings (SSSR count). The van der Waals surface area contributed by atoms with E-state index in [1.54, 1.807) is 0 Å². The Balaban J connectivity index is 0. The first-order chi connectivity index (χ1) is 5.33. The zero-order valence-corrected chi connectivity index (χ0v) is 9.23. The van der Waals surface area contributed by atoms with Crippen LogP contribution in [0.2, 0.25) is 0 Å². The van der Waals surface area contributed by atoms with Crippen LogP contribution in [0.5, 0.6) is 0 Å². The van der Waals surface area contributed by atoms with Gasteiger partial charge in [-0.25, -0.2) is 9.78 Å². The van der Waals surface area contributed by atoms with Gasteiger partial charge in [-0.2, -0.15) is 0 Å². The van der Waals surface area contributed by atoms with Gasteiger partial charge in [-0.05, 0) is 40.5 Å². The molecule has 0 radical (unpaired) electrons. The number of hydrogen-bond donors (Lipinski definition) is 0. The van der Waals surface area contributed by atoms with Crippen LogP contribution in [0.15, 0.2) is 0 Å². The predicted molar refractivity (Wildman–Crippen MR) is 52.0 cm³/mol. The van der Waals surface area contributed by atoms with Crippen molar-refractivity contribution < 1.29 is 11.2 Å². The third kappa shape index (κ3) is 4.73. The Hall–Kier alpha value is -0.0800. The van der Waals surface area contributed by atoms with Gasteiger partial charge < -0.3 is 0 Å². The summed E-state index contributed by atoms with van der Waals surface area (Å²) in [6.07, 6.45) is 1.90. The maximum atomic E-state index is 5.33. The lowest BCUT2D eigenvalue weighted by Crippen LogP contribution is -2.31. The van der Waals surface area contributed by atoms with Gasteiger partial charge in [0, 0.05) is 0 Å². The molecule has 0 aliphatic carbocycles. The van der Waals surface area contributed by atoms with Crippen molar-refractivity contribution in [2.24, 2.45) is 0 Å². The molecular formula is C10H23O2+. The molecule has 0 aromatic carbocycles. The first-order valence-electron chi connectivity index (χ1n) is 4.70. The molecule has 0 saturated carbocycles. The van der Waals surface area contributed by atoms with Gasteiger partial charge in [0.25, 0.3) is 0 Å². The lowest BCUT2D eigenvalue weighted by Gasteiger charge is -2.29. The van der Waals surface area contributed by atoms with Crippen molar-refractivity contribution in [2.45, 2.75) is 65.6 Å². The third-order valence-corrected chi connectivity index (χ3v) is 2.20. The standard InChI is InChI=1S/C10H22O2/c1-7-9(3,4)11-12-10(5,6)8-2/h7-8H2,1-6H3/p+1. The van der Waals surface area contributed by atoms with Gasteiger partial charge in [0.15, 0.2) is 0 Å². The smallest absolute Gasteiger partial charge is 0.230 e. The molecule has 0 unspecified atom stereocenters. The van der Waals surface area contributed by atoms with E-state index in [-0.39, 0.29) is 12.6 Å². The molecule has 12 heavy (non-hydrogen) atoms. The molecule has 0 aliphatic rings. The van der Waals surface area contributed by atoms with E-state index in [1.807, 2.05) is 27.7 Å². The molecule has 0 aromatic rings. The zero-order valence-electron chi connectivity index (χ0n) is 10.2. The molecule has 0 atom stereocenters. The Bertz CT molecular complexity index is 117. The van der Waals surface area contributed by atoms with E-state index in [1.165, 1.54) is 0 Å². The second kappa shape index (κ2) is 4.24. The van der Waals surface area contributed by atoms with Crippen molar-refractivity contribution in [1.29, 1.82) is 0 Å². The summed E-state index contributed by atoms with van der Waals surface area (Å²) in [6.45, 7) is 12.3. The summed E-state index contributed by atoms with van der Waals surface area (Å²) in [6, 6.07) is 0. The van der Waals surface area contributed by atoms with Crippen LogP contribution in [-0.2, 0) is 9.78 Å². The summed E-state index contributed by atoms with van der Waals surface area (Å²) < 4.78 is 0. The van der Waals surface area contributed by atoms with E-state index in [0.717, 1.165) is 12.8 Å². The van der Waals surface area contributed by atoms with Crippen molar-refractivity contribution in [3.8, 4) is 0 Å². The molecule has 74 valence electrons. The molecule has 2 heteroatoms. The van der Waals surface area contributed by atoms with E-state index in [4.69, 9.17) is 9.78 Å². The van der Waals surface area contributed by atoms with Crippen LogP contribution in [0.25, 0.3) is 0 Å². The van der Waals surface area contributed by atoms with E-state index >= 15 is 0 Å². The molecule has 0 aliphatic heterocycles. The Morgan fingerprint density at radius 2 is 1.08 bits per heavy atom. The van der Waals surface area contributed by atoms with Crippen LogP contribution >= 0.6 is 0 Å². The minimum Gasteiger partial charge on any atom is -0.230 e. The fourth-order valence-electron chi connectivity index (χ4n) is 0.343. The van der Waals surface area contributed by atoms with Crippen LogP contribution in [0.4, 0.5) is 0 Å². The first-order valence-corrected chi connectivity index (χ1v) is 4.70. The van der Waals surface area contributed by atoms with E-state index in [2.05, 4.69) is 13.8 Å². The fourth-order valence-corrected chi connectivity index (χ4v) is 0.343. The highest BCUT2D eigenvalue weighted by Crippen LogP contribution is 2.20. The highest BCUT2D eigenvalue weighted by molar-refractivity contribution is 4.66. The van der Waals surface area contributed by atoms with Crippen molar-refractivity contribution in [3.05, 3.63) is 0 Å². The summed E-state index contributed by atoms with van der Waals surface area (Å²) in [5, 5.41) is 0. The highest BCUT2D eigenvalue weighted by atomic mass is 17.2. The lowest BCUT2D eigenvalue weighted by molar-refractivity contribution is -0.401. The molecule has 0 aromatic heterocycles. The van der Waals surface area contributed by atoms with Crippen molar-refractivity contribution in [2.75, 3.05) is 0 Å². The minimum atomic E-state index is -0.174. The quantitative estimate of drug-likeness (QED) is 0.471. The highest BCUT2D eigenvalue weighted by Gasteiger charge is 2.23. The summed E-state index contributed by atoms with van der Waals surface area (Å²) in [4.78, 5) is 10.7. The number of rotatable bonds is 5. The summed E-state index contributed by atoms with van der Waals surface area (Å²) in [5.74, 6) is 0. The van der Waals surface area contributed by atoms with Gasteiger partial charge in [-0.15, -0.1) is 0 Å². The zero-order chi connectivity index (χ0) is 9.83. The molecule has 0 heterocycles. The van der Waals surface area contributed by atoms with Crippen molar-refractivity contribution in [3.63, 3.8) is 0 Å². The Labute approximate surface area is 77.7 Å². The van der Waals surface area contributed by atoms with E-state index in [0.29, 0.717) is 0 Å². The minimum absolute atomic E-state index is 0. The van der Waals surface area contributed by atoms with Gasteiger partial charge in [0.2, 0.25) is 0 Å².